The van der Waals surface area contributed by atoms with Crippen LogP contribution in [0.2, 0.25) is 0 Å². The molecule has 234 valence electrons. The van der Waals surface area contributed by atoms with E-state index in [0.29, 0.717) is 0 Å². The molecule has 0 saturated carbocycles. The summed E-state index contributed by atoms with van der Waals surface area (Å²) in [6, 6.07) is 55.3. The van der Waals surface area contributed by atoms with Gasteiger partial charge in [-0.3, -0.25) is 0 Å². The number of fused-ring (bicyclic) bond motifs is 4. The minimum absolute atomic E-state index is 0. The van der Waals surface area contributed by atoms with Crippen LogP contribution in [0.1, 0.15) is 13.8 Å². The van der Waals surface area contributed by atoms with E-state index >= 15 is 0 Å². The predicted octanol–water partition coefficient (Wildman–Crippen LogP) is 8.88. The molecule has 0 spiro atoms. The number of rotatable bonds is 8. The van der Waals surface area contributed by atoms with Crippen molar-refractivity contribution in [3.8, 4) is 33.8 Å². The van der Waals surface area contributed by atoms with Crippen LogP contribution < -0.4 is 19.0 Å². The summed E-state index contributed by atoms with van der Waals surface area (Å²) in [6.07, 6.45) is -0.0760. The molecule has 0 amide bonds. The van der Waals surface area contributed by atoms with Crippen LogP contribution in [-0.4, -0.2) is 6.10 Å². The molecule has 5 heteroatoms. The first kappa shape index (κ1) is 31.9. The van der Waals surface area contributed by atoms with Gasteiger partial charge in [0.25, 0.3) is 0 Å². The zero-order chi connectivity index (χ0) is 31.7. The van der Waals surface area contributed by atoms with Gasteiger partial charge in [0, 0.05) is 0 Å². The van der Waals surface area contributed by atoms with Crippen molar-refractivity contribution in [2.45, 2.75) is 20.0 Å². The molecule has 0 radical (unpaired) electrons. The van der Waals surface area contributed by atoms with E-state index in [1.807, 2.05) is 13.8 Å². The summed E-state index contributed by atoms with van der Waals surface area (Å²) in [5.41, 5.74) is 4.35. The predicted molar refractivity (Wildman–Crippen MR) is 191 cm³/mol. The van der Waals surface area contributed by atoms with Crippen LogP contribution in [0.15, 0.2) is 158 Å². The van der Waals surface area contributed by atoms with Crippen molar-refractivity contribution in [1.82, 2.24) is 0 Å². The standard InChI is InChI=1S/2C20H14O.C3H7O.ClH.Ti/c2*21-19-13-12-15-7-2-4-10-17(15)20(19)18-11-5-8-14-6-1-3-9-16(14)18;1-3(2)4;;/h2*1-13,21H;3H,1-2H3;1H;/q;;-1;;+4/p-3. The molecular weight excluding hydrogens is 648 g/mol. The van der Waals surface area contributed by atoms with Crippen molar-refractivity contribution in [2.75, 3.05) is 0 Å². The second-order valence-electron chi connectivity index (χ2n) is 12.0. The van der Waals surface area contributed by atoms with Gasteiger partial charge in [-0.1, -0.05) is 0 Å². The Labute approximate surface area is 294 Å². The van der Waals surface area contributed by atoms with E-state index in [-0.39, 0.29) is 18.5 Å². The van der Waals surface area contributed by atoms with Gasteiger partial charge in [0.15, 0.2) is 0 Å². The van der Waals surface area contributed by atoms with Gasteiger partial charge in [-0.05, 0) is 0 Å². The SMILES string of the molecule is CC(C)[O][Ti+]([O]c1ccc2ccccc2c1-c1cccc2ccccc12)[O]c1ccc2ccccc2c1-c1cccc2ccccc12.[Cl-]. The second-order valence-corrected chi connectivity index (χ2v) is 13.8. The van der Waals surface area contributed by atoms with Crippen LogP contribution in [0.4, 0.5) is 0 Å². The molecule has 0 aliphatic rings. The van der Waals surface area contributed by atoms with Crippen molar-refractivity contribution >= 4 is 43.1 Å². The Hall–Kier alpha value is -4.64. The molecule has 0 heterocycles. The van der Waals surface area contributed by atoms with Crippen LogP contribution in [0.5, 0.6) is 11.5 Å². The molecule has 8 rings (SSSR count). The third kappa shape index (κ3) is 6.07. The van der Waals surface area contributed by atoms with Gasteiger partial charge in [-0.2, -0.15) is 0 Å². The van der Waals surface area contributed by atoms with Gasteiger partial charge in [0.2, 0.25) is 0 Å². The summed E-state index contributed by atoms with van der Waals surface area (Å²) < 4.78 is 20.5. The molecule has 3 nitrogen and oxygen atoms in total. The summed E-state index contributed by atoms with van der Waals surface area (Å²) in [7, 11) is 0. The molecule has 0 bridgehead atoms. The van der Waals surface area contributed by atoms with Crippen LogP contribution in [0.3, 0.4) is 0 Å². The fourth-order valence-electron chi connectivity index (χ4n) is 6.56. The van der Waals surface area contributed by atoms with Crippen molar-refractivity contribution in [2.24, 2.45) is 0 Å². The smallest absolute Gasteiger partial charge is 1.00 e. The number of benzene rings is 8. The maximum Gasteiger partial charge on any atom is -1.00 e. The second kappa shape index (κ2) is 13.8. The zero-order valence-electron chi connectivity index (χ0n) is 26.7. The normalized spacial score (nSPS) is 11.2. The van der Waals surface area contributed by atoms with Crippen LogP contribution in [0.25, 0.3) is 65.3 Å². The Morgan fingerprint density at radius 2 is 0.750 bits per heavy atom. The molecule has 0 aliphatic carbocycles. The van der Waals surface area contributed by atoms with E-state index in [2.05, 4.69) is 158 Å². The first-order valence-corrected chi connectivity index (χ1v) is 17.9. The Balaban J connectivity index is 0.00000364. The summed E-state index contributed by atoms with van der Waals surface area (Å²) in [5.74, 6) is 1.53. The van der Waals surface area contributed by atoms with E-state index < -0.39 is 19.0 Å². The van der Waals surface area contributed by atoms with Gasteiger partial charge < -0.3 is 12.4 Å². The fourth-order valence-corrected chi connectivity index (χ4v) is 8.46. The van der Waals surface area contributed by atoms with E-state index in [0.717, 1.165) is 55.3 Å². The molecular formula is C43H33ClO3Ti. The van der Waals surface area contributed by atoms with Gasteiger partial charge >= 0.3 is 284 Å². The molecule has 48 heavy (non-hydrogen) atoms. The third-order valence-corrected chi connectivity index (χ3v) is 10.9. The summed E-state index contributed by atoms with van der Waals surface area (Å²) in [6.45, 7) is 4.08. The monoisotopic (exact) mass is 680 g/mol. The zero-order valence-corrected chi connectivity index (χ0v) is 29.0. The summed E-state index contributed by atoms with van der Waals surface area (Å²) in [4.78, 5) is 0. The average Bonchev–Trinajstić information content (AvgIpc) is 3.11. The summed E-state index contributed by atoms with van der Waals surface area (Å²) in [5, 5.41) is 9.30. The maximum absolute atomic E-state index is 6.98. The van der Waals surface area contributed by atoms with Gasteiger partial charge in [-0.25, -0.2) is 0 Å². The van der Waals surface area contributed by atoms with Crippen LogP contribution in [-0.2, 0) is 22.4 Å². The van der Waals surface area contributed by atoms with E-state index in [1.165, 1.54) is 21.5 Å². The van der Waals surface area contributed by atoms with Crippen LogP contribution >= 0.6 is 0 Å². The molecule has 0 aliphatic heterocycles. The van der Waals surface area contributed by atoms with Crippen molar-refractivity contribution < 1.29 is 41.4 Å². The molecule has 8 aromatic rings. The molecule has 0 N–H and O–H groups in total. The van der Waals surface area contributed by atoms with Crippen molar-refractivity contribution in [3.63, 3.8) is 0 Å². The minimum atomic E-state index is -3.20. The quantitative estimate of drug-likeness (QED) is 0.150. The topological polar surface area (TPSA) is 27.7 Å². The van der Waals surface area contributed by atoms with E-state index in [1.54, 1.807) is 0 Å². The molecule has 0 fully saturated rings. The van der Waals surface area contributed by atoms with Crippen LogP contribution in [0, 0.1) is 0 Å². The Kier molecular flexibility index (Phi) is 9.21. The Morgan fingerprint density at radius 3 is 1.17 bits per heavy atom. The molecule has 0 aromatic heterocycles. The van der Waals surface area contributed by atoms with Gasteiger partial charge in [0.1, 0.15) is 0 Å². The fraction of sp³-hybridized carbons (Fsp3) is 0.0698. The maximum atomic E-state index is 6.98. The Bertz CT molecular complexity index is 2230. The average molecular weight is 681 g/mol. The summed E-state index contributed by atoms with van der Waals surface area (Å²) >= 11 is -3.20. The van der Waals surface area contributed by atoms with Crippen molar-refractivity contribution in [1.29, 1.82) is 0 Å². The Morgan fingerprint density at radius 1 is 0.396 bits per heavy atom. The molecule has 0 saturated heterocycles. The third-order valence-electron chi connectivity index (χ3n) is 8.62. The van der Waals surface area contributed by atoms with Crippen molar-refractivity contribution in [3.05, 3.63) is 158 Å². The van der Waals surface area contributed by atoms with E-state index in [4.69, 9.17) is 9.96 Å². The largest absolute Gasteiger partial charge is 1.00 e. The molecule has 8 aromatic carbocycles. The number of hydrogen-bond acceptors (Lipinski definition) is 3. The number of halogens is 1. The molecule has 0 unspecified atom stereocenters. The molecule has 0 atom stereocenters. The van der Waals surface area contributed by atoms with Gasteiger partial charge in [-0.15, -0.1) is 0 Å². The van der Waals surface area contributed by atoms with E-state index in [9.17, 15) is 0 Å². The van der Waals surface area contributed by atoms with Gasteiger partial charge in [0.05, 0.1) is 0 Å². The number of hydrogen-bond donors (Lipinski definition) is 0. The first-order valence-electron chi connectivity index (χ1n) is 16.0. The first-order chi connectivity index (χ1) is 23.1. The minimum Gasteiger partial charge on any atom is -1.00 e.